The summed E-state index contributed by atoms with van der Waals surface area (Å²) in [7, 11) is 0. The lowest BCUT2D eigenvalue weighted by Crippen LogP contribution is -2.58. The van der Waals surface area contributed by atoms with E-state index in [0.717, 1.165) is 0 Å². The highest BCUT2D eigenvalue weighted by Gasteiger charge is 2.36. The van der Waals surface area contributed by atoms with Crippen molar-refractivity contribution < 1.29 is 14.9 Å². The summed E-state index contributed by atoms with van der Waals surface area (Å²) in [4.78, 5) is 24.9. The quantitative estimate of drug-likeness (QED) is 0.463. The van der Waals surface area contributed by atoms with E-state index in [1.807, 2.05) is 0 Å². The number of nitrogens with zero attached hydrogens (tertiary/aromatic N) is 1. The number of H-pyrrole nitrogens is 1. The molecule has 0 aromatic carbocycles. The average molecular weight is 271 g/mol. The van der Waals surface area contributed by atoms with Crippen molar-refractivity contribution in [2.45, 2.75) is 37.8 Å². The summed E-state index contributed by atoms with van der Waals surface area (Å²) in [5.74, 6) is 0. The van der Waals surface area contributed by atoms with Crippen molar-refractivity contribution in [2.75, 3.05) is 6.61 Å². The molecule has 0 amide bonds. The smallest absolute Gasteiger partial charge is 0.328 e. The molecule has 1 fully saturated rings. The Balaban J connectivity index is 2.23. The molecule has 0 bridgehead atoms. The van der Waals surface area contributed by atoms with Gasteiger partial charge >= 0.3 is 5.69 Å². The van der Waals surface area contributed by atoms with Crippen LogP contribution in [-0.2, 0) is 11.3 Å². The lowest BCUT2D eigenvalue weighted by atomic mass is 9.98. The third-order valence-corrected chi connectivity index (χ3v) is 3.28. The zero-order valence-electron chi connectivity index (χ0n) is 10.4. The van der Waals surface area contributed by atoms with E-state index in [-0.39, 0.29) is 13.2 Å². The molecule has 1 aromatic heterocycles. The summed E-state index contributed by atoms with van der Waals surface area (Å²) < 4.78 is 6.61. The first-order valence-corrected chi connectivity index (χ1v) is 5.94. The van der Waals surface area contributed by atoms with Gasteiger partial charge in [0.2, 0.25) is 0 Å². The van der Waals surface area contributed by atoms with Gasteiger partial charge in [-0.1, -0.05) is 0 Å². The second-order valence-electron chi connectivity index (χ2n) is 4.71. The molecule has 0 radical (unpaired) electrons. The predicted molar refractivity (Wildman–Crippen MR) is 65.8 cm³/mol. The van der Waals surface area contributed by atoms with Gasteiger partial charge in [-0.25, -0.2) is 4.79 Å². The maximum atomic E-state index is 11.7. The Morgan fingerprint density at radius 2 is 2.16 bits per heavy atom. The van der Waals surface area contributed by atoms with E-state index in [9.17, 15) is 19.8 Å². The first-order valence-electron chi connectivity index (χ1n) is 5.94. The van der Waals surface area contributed by atoms with Crippen molar-refractivity contribution >= 4 is 0 Å². The summed E-state index contributed by atoms with van der Waals surface area (Å²) in [6, 6.07) is 0.623. The Morgan fingerprint density at radius 1 is 1.47 bits per heavy atom. The molecule has 2 heterocycles. The fourth-order valence-electron chi connectivity index (χ4n) is 2.11. The first kappa shape index (κ1) is 13.9. The Bertz CT molecular complexity index is 566. The van der Waals surface area contributed by atoms with Crippen LogP contribution in [0.5, 0.6) is 0 Å². The minimum atomic E-state index is -1.18. The fourth-order valence-corrected chi connectivity index (χ4v) is 2.11. The Morgan fingerprint density at radius 3 is 2.79 bits per heavy atom. The minimum Gasteiger partial charge on any atom is -0.389 e. The molecule has 0 spiro atoms. The van der Waals surface area contributed by atoms with Crippen molar-refractivity contribution in [1.29, 1.82) is 0 Å². The number of aryl methyl sites for hydroxylation is 1. The van der Waals surface area contributed by atoms with Crippen LogP contribution in [0, 0.1) is 6.92 Å². The summed E-state index contributed by atoms with van der Waals surface area (Å²) in [6.07, 6.45) is -3.03. The highest BCUT2D eigenvalue weighted by atomic mass is 16.5. The molecule has 2 rings (SSSR count). The van der Waals surface area contributed by atoms with Gasteiger partial charge in [-0.3, -0.25) is 14.3 Å². The zero-order chi connectivity index (χ0) is 14.2. The van der Waals surface area contributed by atoms with Crippen LogP contribution >= 0.6 is 0 Å². The van der Waals surface area contributed by atoms with Crippen LogP contribution in [0.4, 0.5) is 0 Å². The van der Waals surface area contributed by atoms with Gasteiger partial charge in [0.15, 0.2) is 0 Å². The van der Waals surface area contributed by atoms with Gasteiger partial charge < -0.3 is 20.7 Å². The van der Waals surface area contributed by atoms with Gasteiger partial charge in [-0.2, -0.15) is 0 Å². The monoisotopic (exact) mass is 271 g/mol. The number of nitrogens with two attached hydrogens (primary N) is 1. The molecule has 8 nitrogen and oxygen atoms in total. The van der Waals surface area contributed by atoms with Crippen molar-refractivity contribution in [1.82, 2.24) is 9.55 Å². The van der Waals surface area contributed by atoms with Gasteiger partial charge in [0, 0.05) is 11.8 Å². The van der Waals surface area contributed by atoms with E-state index in [4.69, 9.17) is 10.5 Å². The summed E-state index contributed by atoms with van der Waals surface area (Å²) in [5.41, 5.74) is 4.95. The molecule has 0 unspecified atom stereocenters. The van der Waals surface area contributed by atoms with Crippen molar-refractivity contribution in [2.24, 2.45) is 5.73 Å². The SMILES string of the molecule is Cc1cc(=O)[nH]c(=O)n1C[C@H]1OC[C@@H](N)[C@H](O)[C@@H]1O. The summed E-state index contributed by atoms with van der Waals surface area (Å²) >= 11 is 0. The van der Waals surface area contributed by atoms with E-state index in [1.165, 1.54) is 10.6 Å². The molecule has 1 saturated heterocycles. The summed E-state index contributed by atoms with van der Waals surface area (Å²) in [6.45, 7) is 1.74. The van der Waals surface area contributed by atoms with Crippen LogP contribution in [-0.4, -0.2) is 50.7 Å². The second-order valence-corrected chi connectivity index (χ2v) is 4.71. The molecule has 1 aromatic rings. The van der Waals surface area contributed by atoms with Gasteiger partial charge in [-0.05, 0) is 6.92 Å². The van der Waals surface area contributed by atoms with Gasteiger partial charge in [0.1, 0.15) is 12.2 Å². The highest BCUT2D eigenvalue weighted by molar-refractivity contribution is 5.00. The number of rotatable bonds is 2. The van der Waals surface area contributed by atoms with Crippen LogP contribution in [0.1, 0.15) is 5.69 Å². The molecule has 1 aliphatic rings. The normalized spacial score (nSPS) is 31.4. The number of nitrogens with one attached hydrogen (secondary N) is 1. The number of aromatic amines is 1. The number of hydrogen-bond donors (Lipinski definition) is 4. The van der Waals surface area contributed by atoms with Gasteiger partial charge in [0.05, 0.1) is 25.3 Å². The molecule has 1 aliphatic heterocycles. The van der Waals surface area contributed by atoms with Gasteiger partial charge in [0.25, 0.3) is 5.56 Å². The fraction of sp³-hybridized carbons (Fsp3) is 0.636. The van der Waals surface area contributed by atoms with Crippen molar-refractivity contribution in [3.8, 4) is 0 Å². The lowest BCUT2D eigenvalue weighted by molar-refractivity contribution is -0.148. The molecule has 0 aliphatic carbocycles. The van der Waals surface area contributed by atoms with E-state index in [0.29, 0.717) is 5.69 Å². The Labute approximate surface area is 108 Å². The predicted octanol–water partition coefficient (Wildman–Crippen LogP) is -2.71. The molecule has 4 atom stereocenters. The maximum absolute atomic E-state index is 11.7. The number of ether oxygens (including phenoxy) is 1. The van der Waals surface area contributed by atoms with Crippen LogP contribution in [0.2, 0.25) is 0 Å². The topological polar surface area (TPSA) is 131 Å². The number of hydrogen-bond acceptors (Lipinski definition) is 6. The first-order chi connectivity index (χ1) is 8.90. The number of aliphatic hydroxyl groups is 2. The molecular formula is C11H17N3O5. The van der Waals surface area contributed by atoms with Gasteiger partial charge in [-0.15, -0.1) is 0 Å². The largest absolute Gasteiger partial charge is 0.389 e. The molecule has 8 heteroatoms. The van der Waals surface area contributed by atoms with Crippen molar-refractivity contribution in [3.63, 3.8) is 0 Å². The van der Waals surface area contributed by atoms with Crippen LogP contribution in [0.25, 0.3) is 0 Å². The Hall–Kier alpha value is -1.48. The summed E-state index contributed by atoms with van der Waals surface area (Å²) in [5, 5.41) is 19.5. The molecule has 5 N–H and O–H groups in total. The van der Waals surface area contributed by atoms with Crippen molar-refractivity contribution in [3.05, 3.63) is 32.6 Å². The molecular weight excluding hydrogens is 254 g/mol. The van der Waals surface area contributed by atoms with E-state index in [1.54, 1.807) is 6.92 Å². The van der Waals surface area contributed by atoms with Crippen LogP contribution < -0.4 is 17.0 Å². The Kier molecular flexibility index (Phi) is 3.85. The average Bonchev–Trinajstić information content (AvgIpc) is 2.33. The third-order valence-electron chi connectivity index (χ3n) is 3.28. The standard InChI is InChI=1S/C11H17N3O5/c1-5-2-8(15)13-11(18)14(5)3-7-10(17)9(16)6(12)4-19-7/h2,6-7,9-10,16-17H,3-4,12H2,1H3,(H,13,15,18)/t6-,7-,9+,10-/m1/s1. The number of aliphatic hydroxyl groups excluding tert-OH is 2. The number of aromatic nitrogens is 2. The third kappa shape index (κ3) is 2.76. The zero-order valence-corrected chi connectivity index (χ0v) is 10.4. The van der Waals surface area contributed by atoms with E-state index < -0.39 is 35.6 Å². The molecule has 0 saturated carbocycles. The second kappa shape index (κ2) is 5.25. The highest BCUT2D eigenvalue weighted by Crippen LogP contribution is 2.15. The van der Waals surface area contributed by atoms with E-state index in [2.05, 4.69) is 4.98 Å². The van der Waals surface area contributed by atoms with Crippen LogP contribution in [0.3, 0.4) is 0 Å². The van der Waals surface area contributed by atoms with E-state index >= 15 is 0 Å². The molecule has 106 valence electrons. The minimum absolute atomic E-state index is 0.0341. The molecule has 19 heavy (non-hydrogen) atoms. The maximum Gasteiger partial charge on any atom is 0.328 e. The van der Waals surface area contributed by atoms with Crippen LogP contribution in [0.15, 0.2) is 15.7 Å². The lowest BCUT2D eigenvalue weighted by Gasteiger charge is -2.36.